The molecule has 0 aromatic heterocycles. The highest BCUT2D eigenvalue weighted by Gasteiger charge is 2.21. The summed E-state index contributed by atoms with van der Waals surface area (Å²) in [5, 5.41) is 13.7. The van der Waals surface area contributed by atoms with E-state index in [-0.39, 0.29) is 17.2 Å². The van der Waals surface area contributed by atoms with E-state index in [1.807, 2.05) is 0 Å². The highest BCUT2D eigenvalue weighted by atomic mass is 16.6. The molecule has 1 saturated heterocycles. The van der Waals surface area contributed by atoms with Crippen molar-refractivity contribution in [2.45, 2.75) is 12.8 Å². The van der Waals surface area contributed by atoms with Gasteiger partial charge in [0.25, 0.3) is 11.6 Å². The summed E-state index contributed by atoms with van der Waals surface area (Å²) in [6.07, 6.45) is 2.10. The lowest BCUT2D eigenvalue weighted by Gasteiger charge is -2.28. The number of hydrogen-bond acceptors (Lipinski definition) is 4. The fourth-order valence-electron chi connectivity index (χ4n) is 2.42. The average Bonchev–Trinajstić information content (AvgIpc) is 2.46. The van der Waals surface area contributed by atoms with Crippen molar-refractivity contribution in [1.29, 1.82) is 0 Å². The zero-order valence-electron chi connectivity index (χ0n) is 11.5. The molecule has 1 aliphatic rings. The first kappa shape index (κ1) is 14.5. The molecule has 1 aromatic carbocycles. The summed E-state index contributed by atoms with van der Waals surface area (Å²) in [4.78, 5) is 24.7. The number of carbonyl (C=O) groups is 1. The lowest BCUT2D eigenvalue weighted by atomic mass is 9.97. The third-order valence-corrected chi connectivity index (χ3v) is 3.73. The van der Waals surface area contributed by atoms with Crippen LogP contribution in [0.2, 0.25) is 0 Å². The first-order valence-corrected chi connectivity index (χ1v) is 6.78. The Bertz CT molecular complexity index is 496. The maximum absolute atomic E-state index is 12.1. The van der Waals surface area contributed by atoms with Crippen molar-refractivity contribution in [3.63, 3.8) is 0 Å². The molecule has 0 unspecified atom stereocenters. The summed E-state index contributed by atoms with van der Waals surface area (Å²) in [6, 6.07) is 6.04. The Labute approximate surface area is 117 Å². The van der Waals surface area contributed by atoms with Crippen LogP contribution < -0.4 is 5.32 Å². The molecular formula is C14H19N3O3. The molecule has 6 nitrogen and oxygen atoms in total. The van der Waals surface area contributed by atoms with Crippen LogP contribution in [0.1, 0.15) is 23.2 Å². The molecule has 0 saturated carbocycles. The van der Waals surface area contributed by atoms with Crippen LogP contribution in [0.3, 0.4) is 0 Å². The molecule has 0 radical (unpaired) electrons. The number of carbonyl (C=O) groups excluding carboxylic acids is 1. The summed E-state index contributed by atoms with van der Waals surface area (Å²) in [5.41, 5.74) is -0.0150. The zero-order valence-corrected chi connectivity index (χ0v) is 11.5. The molecule has 0 spiro atoms. The first-order chi connectivity index (χ1) is 9.58. The molecule has 20 heavy (non-hydrogen) atoms. The molecule has 0 aliphatic carbocycles. The smallest absolute Gasteiger partial charge is 0.282 e. The van der Waals surface area contributed by atoms with Gasteiger partial charge in [0.2, 0.25) is 0 Å². The van der Waals surface area contributed by atoms with Crippen LogP contribution in [0.5, 0.6) is 0 Å². The van der Waals surface area contributed by atoms with Crippen LogP contribution in [0.25, 0.3) is 0 Å². The Balaban J connectivity index is 1.94. The Morgan fingerprint density at radius 2 is 2.05 bits per heavy atom. The molecule has 1 aromatic rings. The monoisotopic (exact) mass is 277 g/mol. The van der Waals surface area contributed by atoms with Crippen LogP contribution in [-0.2, 0) is 0 Å². The van der Waals surface area contributed by atoms with Crippen molar-refractivity contribution in [2.75, 3.05) is 26.7 Å². The van der Waals surface area contributed by atoms with Gasteiger partial charge in [0.15, 0.2) is 0 Å². The molecular weight excluding hydrogens is 258 g/mol. The van der Waals surface area contributed by atoms with E-state index in [4.69, 9.17) is 0 Å². The fourth-order valence-corrected chi connectivity index (χ4v) is 2.42. The molecule has 1 aliphatic heterocycles. The van der Waals surface area contributed by atoms with E-state index in [0.29, 0.717) is 12.5 Å². The van der Waals surface area contributed by atoms with Crippen molar-refractivity contribution in [3.05, 3.63) is 39.9 Å². The number of benzene rings is 1. The fraction of sp³-hybridized carbons (Fsp3) is 0.500. The average molecular weight is 277 g/mol. The molecule has 1 N–H and O–H groups in total. The molecule has 6 heteroatoms. The minimum Gasteiger partial charge on any atom is -0.352 e. The summed E-state index contributed by atoms with van der Waals surface area (Å²) < 4.78 is 0. The molecule has 0 atom stereocenters. The molecule has 0 bridgehead atoms. The van der Waals surface area contributed by atoms with Crippen molar-refractivity contribution < 1.29 is 9.72 Å². The quantitative estimate of drug-likeness (QED) is 0.671. The van der Waals surface area contributed by atoms with E-state index in [0.717, 1.165) is 25.9 Å². The van der Waals surface area contributed by atoms with E-state index in [1.54, 1.807) is 12.1 Å². The van der Waals surface area contributed by atoms with Gasteiger partial charge in [0, 0.05) is 12.6 Å². The van der Waals surface area contributed by atoms with E-state index in [9.17, 15) is 14.9 Å². The van der Waals surface area contributed by atoms with Gasteiger partial charge >= 0.3 is 0 Å². The number of piperidine rings is 1. The van der Waals surface area contributed by atoms with Gasteiger partial charge in [0.05, 0.1) is 4.92 Å². The maximum Gasteiger partial charge on any atom is 0.282 e. The van der Waals surface area contributed by atoms with E-state index >= 15 is 0 Å². The van der Waals surface area contributed by atoms with Gasteiger partial charge in [-0.15, -0.1) is 0 Å². The van der Waals surface area contributed by atoms with E-state index < -0.39 is 4.92 Å². The number of rotatable bonds is 4. The number of para-hydroxylation sites is 1. The minimum atomic E-state index is -0.523. The number of amides is 1. The number of nitrogens with one attached hydrogen (secondary N) is 1. The normalized spacial score (nSPS) is 16.9. The third-order valence-electron chi connectivity index (χ3n) is 3.73. The SMILES string of the molecule is CN1CCC(CNC(=O)c2ccccc2[N+](=O)[O-])CC1. The van der Waals surface area contributed by atoms with Crippen molar-refractivity contribution >= 4 is 11.6 Å². The van der Waals surface area contributed by atoms with Crippen LogP contribution in [0, 0.1) is 16.0 Å². The van der Waals surface area contributed by atoms with Crippen LogP contribution in [-0.4, -0.2) is 42.4 Å². The predicted octanol–water partition coefficient (Wildman–Crippen LogP) is 1.67. The number of nitro groups is 1. The van der Waals surface area contributed by atoms with Crippen molar-refractivity contribution in [3.8, 4) is 0 Å². The highest BCUT2D eigenvalue weighted by molar-refractivity contribution is 5.98. The van der Waals surface area contributed by atoms with Gasteiger partial charge in [-0.05, 0) is 45.0 Å². The van der Waals surface area contributed by atoms with Crippen LogP contribution >= 0.6 is 0 Å². The maximum atomic E-state index is 12.1. The summed E-state index contributed by atoms with van der Waals surface area (Å²) in [7, 11) is 2.09. The minimum absolute atomic E-state index is 0.130. The number of nitro benzene ring substituents is 1. The number of likely N-dealkylation sites (tertiary alicyclic amines) is 1. The number of hydrogen-bond donors (Lipinski definition) is 1. The lowest BCUT2D eigenvalue weighted by molar-refractivity contribution is -0.385. The van der Waals surface area contributed by atoms with Gasteiger partial charge in [-0.2, -0.15) is 0 Å². The molecule has 108 valence electrons. The highest BCUT2D eigenvalue weighted by Crippen LogP contribution is 2.18. The Kier molecular flexibility index (Phi) is 4.68. The molecule has 2 rings (SSSR count). The van der Waals surface area contributed by atoms with Crippen LogP contribution in [0.15, 0.2) is 24.3 Å². The van der Waals surface area contributed by atoms with Gasteiger partial charge < -0.3 is 10.2 Å². The van der Waals surface area contributed by atoms with Gasteiger partial charge in [-0.1, -0.05) is 12.1 Å². The molecule has 1 amide bonds. The second-order valence-electron chi connectivity index (χ2n) is 5.23. The first-order valence-electron chi connectivity index (χ1n) is 6.78. The second kappa shape index (κ2) is 6.47. The van der Waals surface area contributed by atoms with Crippen molar-refractivity contribution in [1.82, 2.24) is 10.2 Å². The van der Waals surface area contributed by atoms with Crippen molar-refractivity contribution in [2.24, 2.45) is 5.92 Å². The second-order valence-corrected chi connectivity index (χ2v) is 5.23. The Morgan fingerprint density at radius 3 is 2.70 bits per heavy atom. The van der Waals surface area contributed by atoms with E-state index in [2.05, 4.69) is 17.3 Å². The zero-order chi connectivity index (χ0) is 14.5. The summed E-state index contributed by atoms with van der Waals surface area (Å²) >= 11 is 0. The van der Waals surface area contributed by atoms with Gasteiger partial charge in [0.1, 0.15) is 5.56 Å². The summed E-state index contributed by atoms with van der Waals surface area (Å²) in [5.74, 6) is 0.0918. The number of nitrogens with zero attached hydrogens (tertiary/aromatic N) is 2. The van der Waals surface area contributed by atoms with Crippen LogP contribution in [0.4, 0.5) is 5.69 Å². The lowest BCUT2D eigenvalue weighted by Crippen LogP contribution is -2.37. The van der Waals surface area contributed by atoms with Gasteiger partial charge in [-0.25, -0.2) is 0 Å². The third kappa shape index (κ3) is 3.54. The molecule has 1 fully saturated rings. The Hall–Kier alpha value is -1.95. The Morgan fingerprint density at radius 1 is 1.40 bits per heavy atom. The predicted molar refractivity (Wildman–Crippen MR) is 75.7 cm³/mol. The molecule has 1 heterocycles. The van der Waals surface area contributed by atoms with Gasteiger partial charge in [-0.3, -0.25) is 14.9 Å². The summed E-state index contributed by atoms with van der Waals surface area (Å²) in [6.45, 7) is 2.65. The largest absolute Gasteiger partial charge is 0.352 e. The topological polar surface area (TPSA) is 75.5 Å². The standard InChI is InChI=1S/C14H19N3O3/c1-16-8-6-11(7-9-16)10-15-14(18)12-4-2-3-5-13(12)17(19)20/h2-5,11H,6-10H2,1H3,(H,15,18). The van der Waals surface area contributed by atoms with E-state index in [1.165, 1.54) is 12.1 Å².